The van der Waals surface area contributed by atoms with Crippen molar-refractivity contribution in [3.8, 4) is 5.75 Å². The van der Waals surface area contributed by atoms with Crippen molar-refractivity contribution in [3.05, 3.63) is 70.0 Å². The van der Waals surface area contributed by atoms with Crippen LogP contribution in [-0.2, 0) is 6.42 Å². The Morgan fingerprint density at radius 1 is 1.18 bits per heavy atom. The van der Waals surface area contributed by atoms with Crippen molar-refractivity contribution < 1.29 is 9.92 Å². The average Bonchev–Trinajstić information content (AvgIpc) is 2.32. The smallest absolute Gasteiger partial charge is 0.276 e. The molecule has 0 saturated carbocycles. The largest absolute Gasteiger partial charge is 0.299 e. The van der Waals surface area contributed by atoms with Crippen LogP contribution in [0.4, 0.5) is 0 Å². The first kappa shape index (κ1) is 11.1. The molecule has 0 saturated heterocycles. The van der Waals surface area contributed by atoms with E-state index in [4.69, 9.17) is 0 Å². The maximum Gasteiger partial charge on any atom is 0.299 e. The molecular weight excluding hydrogens is 220 g/mol. The number of pyridine rings is 1. The Morgan fingerprint density at radius 2 is 1.94 bits per heavy atom. The van der Waals surface area contributed by atoms with Gasteiger partial charge in [0.25, 0.3) is 5.09 Å². The predicted molar refractivity (Wildman–Crippen MR) is 61.1 cm³/mol. The van der Waals surface area contributed by atoms with Crippen molar-refractivity contribution in [3.63, 3.8) is 0 Å². The number of nitrogens with zero attached hydrogens (tertiary/aromatic N) is 2. The summed E-state index contributed by atoms with van der Waals surface area (Å²) in [6.45, 7) is 0. The van der Waals surface area contributed by atoms with Crippen molar-refractivity contribution >= 4 is 0 Å². The summed E-state index contributed by atoms with van der Waals surface area (Å²) in [5.74, 6) is 0.222. The van der Waals surface area contributed by atoms with Gasteiger partial charge in [-0.15, -0.1) is 10.1 Å². The fourth-order valence-corrected chi connectivity index (χ4v) is 1.47. The van der Waals surface area contributed by atoms with Crippen LogP contribution < -0.4 is 4.84 Å². The maximum absolute atomic E-state index is 10.1. The van der Waals surface area contributed by atoms with Crippen LogP contribution in [-0.4, -0.2) is 10.1 Å². The normalized spacial score (nSPS) is 9.88. The molecule has 0 fully saturated rings. The van der Waals surface area contributed by atoms with Crippen molar-refractivity contribution in [1.82, 2.24) is 4.98 Å². The van der Waals surface area contributed by atoms with Gasteiger partial charge in [0, 0.05) is 18.3 Å². The van der Waals surface area contributed by atoms with Crippen LogP contribution in [0.15, 0.2) is 48.7 Å². The SMILES string of the molecule is O=[N+]([O-])Oc1ccc(Cc2ccccn2)cc1. The molecule has 0 aliphatic carbocycles. The Balaban J connectivity index is 2.06. The first-order valence-electron chi connectivity index (χ1n) is 5.05. The fraction of sp³-hybridized carbons (Fsp3) is 0.0833. The highest BCUT2D eigenvalue weighted by Crippen LogP contribution is 2.14. The molecule has 0 unspecified atom stereocenters. The van der Waals surface area contributed by atoms with E-state index in [0.717, 1.165) is 11.3 Å². The van der Waals surface area contributed by atoms with Gasteiger partial charge in [0.05, 0.1) is 0 Å². The Morgan fingerprint density at radius 3 is 2.53 bits per heavy atom. The highest BCUT2D eigenvalue weighted by Gasteiger charge is 2.00. The zero-order valence-electron chi connectivity index (χ0n) is 8.95. The standard InChI is InChI=1S/C12H10N2O3/c15-14(16)17-12-6-4-10(5-7-12)9-11-3-1-2-8-13-11/h1-8H,9H2. The lowest BCUT2D eigenvalue weighted by Crippen LogP contribution is -2.03. The van der Waals surface area contributed by atoms with Gasteiger partial charge in [-0.2, -0.15) is 0 Å². The molecular formula is C12H10N2O3. The Hall–Kier alpha value is -2.43. The van der Waals surface area contributed by atoms with E-state index in [2.05, 4.69) is 9.82 Å². The first-order valence-corrected chi connectivity index (χ1v) is 5.05. The molecule has 2 rings (SSSR count). The topological polar surface area (TPSA) is 65.3 Å². The molecule has 86 valence electrons. The molecule has 1 heterocycles. The molecule has 17 heavy (non-hydrogen) atoms. The summed E-state index contributed by atoms with van der Waals surface area (Å²) in [5, 5.41) is 9.29. The molecule has 0 atom stereocenters. The van der Waals surface area contributed by atoms with E-state index in [1.807, 2.05) is 18.2 Å². The van der Waals surface area contributed by atoms with Crippen molar-refractivity contribution in [2.75, 3.05) is 0 Å². The zero-order chi connectivity index (χ0) is 12.1. The zero-order valence-corrected chi connectivity index (χ0v) is 8.95. The number of benzene rings is 1. The van der Waals surface area contributed by atoms with Gasteiger partial charge >= 0.3 is 0 Å². The molecule has 0 amide bonds. The molecule has 0 aliphatic heterocycles. The lowest BCUT2D eigenvalue weighted by Gasteiger charge is -2.02. The second-order valence-electron chi connectivity index (χ2n) is 3.46. The molecule has 1 aromatic carbocycles. The summed E-state index contributed by atoms with van der Waals surface area (Å²) in [6, 6.07) is 12.4. The van der Waals surface area contributed by atoms with Crippen LogP contribution in [0.5, 0.6) is 5.75 Å². The van der Waals surface area contributed by atoms with Gasteiger partial charge in [-0.3, -0.25) is 9.82 Å². The van der Waals surface area contributed by atoms with Gasteiger partial charge in [-0.1, -0.05) is 18.2 Å². The van der Waals surface area contributed by atoms with Gasteiger partial charge in [-0.05, 0) is 29.8 Å². The van der Waals surface area contributed by atoms with Crippen molar-refractivity contribution in [2.45, 2.75) is 6.42 Å². The summed E-state index contributed by atoms with van der Waals surface area (Å²) in [5.41, 5.74) is 1.98. The summed E-state index contributed by atoms with van der Waals surface area (Å²) in [6.07, 6.45) is 2.43. The minimum atomic E-state index is -0.826. The van der Waals surface area contributed by atoms with Gasteiger partial charge in [-0.25, -0.2) is 0 Å². The monoisotopic (exact) mass is 230 g/mol. The van der Waals surface area contributed by atoms with Crippen LogP contribution >= 0.6 is 0 Å². The van der Waals surface area contributed by atoms with E-state index >= 15 is 0 Å². The molecule has 5 nitrogen and oxygen atoms in total. The van der Waals surface area contributed by atoms with Crippen molar-refractivity contribution in [1.29, 1.82) is 0 Å². The molecule has 0 spiro atoms. The quantitative estimate of drug-likeness (QED) is 0.596. The van der Waals surface area contributed by atoms with Gasteiger partial charge in [0.2, 0.25) is 0 Å². The predicted octanol–water partition coefficient (Wildman–Crippen LogP) is 2.24. The third kappa shape index (κ3) is 3.27. The molecule has 0 N–H and O–H groups in total. The molecule has 2 aromatic rings. The van der Waals surface area contributed by atoms with E-state index < -0.39 is 5.09 Å². The summed E-state index contributed by atoms with van der Waals surface area (Å²) < 4.78 is 0. The lowest BCUT2D eigenvalue weighted by molar-refractivity contribution is -0.711. The van der Waals surface area contributed by atoms with Crippen LogP contribution in [0, 0.1) is 10.1 Å². The lowest BCUT2D eigenvalue weighted by atomic mass is 10.1. The van der Waals surface area contributed by atoms with Crippen LogP contribution in [0.3, 0.4) is 0 Å². The maximum atomic E-state index is 10.1. The first-order chi connectivity index (χ1) is 8.24. The second kappa shape index (κ2) is 5.07. The number of hydrogen-bond acceptors (Lipinski definition) is 4. The number of rotatable bonds is 4. The Bertz CT molecular complexity index is 497. The third-order valence-corrected chi connectivity index (χ3v) is 2.21. The third-order valence-electron chi connectivity index (χ3n) is 2.21. The number of aromatic nitrogens is 1. The Labute approximate surface area is 97.8 Å². The van der Waals surface area contributed by atoms with E-state index in [1.165, 1.54) is 0 Å². The van der Waals surface area contributed by atoms with E-state index in [-0.39, 0.29) is 5.75 Å². The van der Waals surface area contributed by atoms with E-state index in [1.54, 1.807) is 30.5 Å². The number of hydrogen-bond donors (Lipinski definition) is 0. The Kier molecular flexibility index (Phi) is 3.30. The highest BCUT2D eigenvalue weighted by molar-refractivity contribution is 5.29. The van der Waals surface area contributed by atoms with Gasteiger partial charge in [0.15, 0.2) is 0 Å². The molecule has 1 aromatic heterocycles. The molecule has 0 aliphatic rings. The van der Waals surface area contributed by atoms with Crippen LogP contribution in [0.2, 0.25) is 0 Å². The molecule has 0 bridgehead atoms. The molecule has 5 heteroatoms. The van der Waals surface area contributed by atoms with Crippen LogP contribution in [0.1, 0.15) is 11.3 Å². The van der Waals surface area contributed by atoms with Gasteiger partial charge in [0.1, 0.15) is 5.75 Å². The highest BCUT2D eigenvalue weighted by atomic mass is 17.0. The van der Waals surface area contributed by atoms with E-state index in [9.17, 15) is 10.1 Å². The summed E-state index contributed by atoms with van der Waals surface area (Å²) in [4.78, 5) is 18.6. The van der Waals surface area contributed by atoms with Crippen molar-refractivity contribution in [2.24, 2.45) is 0 Å². The molecule has 0 radical (unpaired) electrons. The summed E-state index contributed by atoms with van der Waals surface area (Å²) >= 11 is 0. The van der Waals surface area contributed by atoms with Crippen LogP contribution in [0.25, 0.3) is 0 Å². The average molecular weight is 230 g/mol. The van der Waals surface area contributed by atoms with Gasteiger partial charge < -0.3 is 0 Å². The summed E-state index contributed by atoms with van der Waals surface area (Å²) in [7, 11) is 0. The second-order valence-corrected chi connectivity index (χ2v) is 3.46. The van der Waals surface area contributed by atoms with E-state index in [0.29, 0.717) is 6.42 Å². The fourth-order valence-electron chi connectivity index (χ4n) is 1.47. The minimum Gasteiger partial charge on any atom is -0.276 e. The minimum absolute atomic E-state index is 0.222.